The van der Waals surface area contributed by atoms with Crippen LogP contribution in [0.3, 0.4) is 0 Å². The molecule has 0 bridgehead atoms. The van der Waals surface area contributed by atoms with Gasteiger partial charge >= 0.3 is 8.56 Å². The van der Waals surface area contributed by atoms with Crippen LogP contribution in [0.15, 0.2) is 9.66 Å². The molecule has 6 atom stereocenters. The molecular formula is C22H41IO4Si. The summed E-state index contributed by atoms with van der Waals surface area (Å²) in [5.74, 6) is 0.0617. The Balaban J connectivity index is 3.56. The topological polar surface area (TPSA) is 44.8 Å². The van der Waals surface area contributed by atoms with E-state index in [0.717, 1.165) is 6.29 Å². The maximum atomic E-state index is 11.5. The van der Waals surface area contributed by atoms with Crippen LogP contribution >= 0.6 is 22.6 Å². The molecule has 0 unspecified atom stereocenters. The van der Waals surface area contributed by atoms with E-state index in [-0.39, 0.29) is 46.1 Å². The van der Waals surface area contributed by atoms with Crippen LogP contribution in [0.4, 0.5) is 0 Å². The van der Waals surface area contributed by atoms with E-state index in [1.807, 2.05) is 6.92 Å². The van der Waals surface area contributed by atoms with Crippen LogP contribution in [0.1, 0.15) is 69.2 Å². The van der Waals surface area contributed by atoms with Gasteiger partial charge in [0.2, 0.25) is 0 Å². The van der Waals surface area contributed by atoms with Crippen LogP contribution < -0.4 is 0 Å². The Morgan fingerprint density at radius 1 is 1.11 bits per heavy atom. The number of methoxy groups -OCH3 is 1. The number of carbonyl (C=O) groups excluding carboxylic acids is 1. The maximum absolute atomic E-state index is 11.5. The van der Waals surface area contributed by atoms with Crippen LogP contribution in [0.2, 0.25) is 10.1 Å². The van der Waals surface area contributed by atoms with Gasteiger partial charge in [-0.05, 0) is 16.6 Å². The fourth-order valence-electron chi connectivity index (χ4n) is 4.95. The van der Waals surface area contributed by atoms with Gasteiger partial charge in [0, 0.05) is 34.9 Å². The van der Waals surface area contributed by atoms with Gasteiger partial charge in [0.25, 0.3) is 0 Å². The van der Waals surface area contributed by atoms with Crippen molar-refractivity contribution < 1.29 is 18.4 Å². The van der Waals surface area contributed by atoms with Gasteiger partial charge in [-0.15, -0.1) is 0 Å². The molecule has 0 aromatic heterocycles. The molecule has 0 spiro atoms. The van der Waals surface area contributed by atoms with Crippen LogP contribution in [0.25, 0.3) is 0 Å². The monoisotopic (exact) mass is 524 g/mol. The minimum Gasteiger partial charge on any atom is -0.390 e. The van der Waals surface area contributed by atoms with Crippen molar-refractivity contribution in [3.8, 4) is 0 Å². The zero-order chi connectivity index (χ0) is 22.1. The Morgan fingerprint density at radius 2 is 1.61 bits per heavy atom. The van der Waals surface area contributed by atoms with E-state index in [1.165, 1.54) is 5.57 Å². The van der Waals surface area contributed by atoms with E-state index >= 15 is 0 Å². The zero-order valence-electron chi connectivity index (χ0n) is 19.6. The largest absolute Gasteiger partial charge is 0.390 e. The quantitative estimate of drug-likeness (QED) is 0.233. The molecule has 6 heteroatoms. The second kappa shape index (κ2) is 9.58. The third-order valence-electron chi connectivity index (χ3n) is 6.23. The Morgan fingerprint density at radius 3 is 1.96 bits per heavy atom. The molecule has 28 heavy (non-hydrogen) atoms. The first kappa shape index (κ1) is 26.3. The first-order valence-electron chi connectivity index (χ1n) is 10.3. The SMILES string of the molecule is CO[C@@H]([C@@H](C)[C@H]1O[Si](C(C)(C)C)(C(C)(C)C)O[C@@H](/C(C)=C\I)[C@H]1C)[C@@H](C)C=O. The standard InChI is InChI=1S/C22H41IO4Si/c1-14(12-23)19-17(4)20(16(3)18(25-11)15(2)13-24)27-28(26-19,21(5,6)7)22(8,9)10/h12-13,15-20H,1-11H3/b14-12-/t15-,16+,17+,18+,19-,20+/m0/s1. The van der Waals surface area contributed by atoms with E-state index in [4.69, 9.17) is 13.6 Å². The van der Waals surface area contributed by atoms with Crippen molar-refractivity contribution in [2.75, 3.05) is 7.11 Å². The predicted octanol–water partition coefficient (Wildman–Crippen LogP) is 6.27. The Bertz CT molecular complexity index is 550. The molecule has 164 valence electrons. The molecule has 0 radical (unpaired) electrons. The molecule has 0 N–H and O–H groups in total. The lowest BCUT2D eigenvalue weighted by molar-refractivity contribution is -0.125. The molecule has 1 aliphatic heterocycles. The Hall–Kier alpha value is 0.237. The summed E-state index contributed by atoms with van der Waals surface area (Å²) in [6.07, 6.45) is 0.773. The van der Waals surface area contributed by atoms with E-state index < -0.39 is 8.56 Å². The van der Waals surface area contributed by atoms with Gasteiger partial charge in [0.05, 0.1) is 18.3 Å². The third kappa shape index (κ3) is 4.93. The Kier molecular flexibility index (Phi) is 8.99. The molecule has 1 heterocycles. The normalized spacial score (nSPS) is 29.9. The van der Waals surface area contributed by atoms with Crippen molar-refractivity contribution in [2.45, 2.75) is 97.6 Å². The smallest absolute Gasteiger partial charge is 0.350 e. The number of ether oxygens (including phenoxy) is 1. The van der Waals surface area contributed by atoms with E-state index in [0.29, 0.717) is 0 Å². The number of rotatable bonds is 6. The summed E-state index contributed by atoms with van der Waals surface area (Å²) in [4.78, 5) is 11.5. The van der Waals surface area contributed by atoms with Crippen LogP contribution in [-0.4, -0.2) is 40.3 Å². The first-order valence-corrected chi connectivity index (χ1v) is 13.3. The fraction of sp³-hybridized carbons (Fsp3) is 0.864. The number of halogens is 1. The van der Waals surface area contributed by atoms with Crippen LogP contribution in [0.5, 0.6) is 0 Å². The van der Waals surface area contributed by atoms with Gasteiger partial charge in [0.1, 0.15) is 6.29 Å². The highest BCUT2D eigenvalue weighted by atomic mass is 127. The molecule has 0 amide bonds. The molecule has 1 saturated heterocycles. The molecule has 1 aliphatic rings. The molecule has 0 aromatic rings. The van der Waals surface area contributed by atoms with Crippen molar-refractivity contribution in [1.29, 1.82) is 0 Å². The van der Waals surface area contributed by atoms with Gasteiger partial charge in [-0.2, -0.15) is 0 Å². The molecule has 1 rings (SSSR count). The van der Waals surface area contributed by atoms with Crippen LogP contribution in [0, 0.1) is 17.8 Å². The van der Waals surface area contributed by atoms with Gasteiger partial charge < -0.3 is 18.4 Å². The van der Waals surface area contributed by atoms with Gasteiger partial charge in [-0.25, -0.2) is 0 Å². The number of hydrogen-bond donors (Lipinski definition) is 0. The highest BCUT2D eigenvalue weighted by Gasteiger charge is 2.64. The van der Waals surface area contributed by atoms with Crippen molar-refractivity contribution in [2.24, 2.45) is 17.8 Å². The van der Waals surface area contributed by atoms with Gasteiger partial charge in [0.15, 0.2) is 0 Å². The summed E-state index contributed by atoms with van der Waals surface area (Å²) in [5.41, 5.74) is 1.23. The summed E-state index contributed by atoms with van der Waals surface area (Å²) in [6.45, 7) is 21.9. The second-order valence-corrected chi connectivity index (χ2v) is 15.8. The zero-order valence-corrected chi connectivity index (χ0v) is 22.8. The van der Waals surface area contributed by atoms with Crippen molar-refractivity contribution >= 4 is 37.4 Å². The second-order valence-electron chi connectivity index (χ2n) is 10.5. The van der Waals surface area contributed by atoms with Crippen molar-refractivity contribution in [3.05, 3.63) is 9.66 Å². The summed E-state index contributed by atoms with van der Waals surface area (Å²) in [6, 6.07) is 0. The molecule has 0 aliphatic carbocycles. The highest BCUT2D eigenvalue weighted by molar-refractivity contribution is 14.1. The molecule has 0 aromatic carbocycles. The predicted molar refractivity (Wildman–Crippen MR) is 127 cm³/mol. The van der Waals surface area contributed by atoms with Gasteiger partial charge in [-0.1, -0.05) is 84.9 Å². The summed E-state index contributed by atoms with van der Waals surface area (Å²) in [7, 11) is -0.996. The first-order chi connectivity index (χ1) is 12.7. The number of hydrogen-bond acceptors (Lipinski definition) is 4. The number of carbonyl (C=O) groups is 1. The summed E-state index contributed by atoms with van der Waals surface area (Å²) < 4.78 is 22.0. The van der Waals surface area contributed by atoms with Gasteiger partial charge in [-0.3, -0.25) is 0 Å². The Labute approximate surface area is 187 Å². The average Bonchev–Trinajstić information content (AvgIpc) is 2.59. The van der Waals surface area contributed by atoms with E-state index in [1.54, 1.807) is 7.11 Å². The lowest BCUT2D eigenvalue weighted by atomic mass is 9.81. The minimum atomic E-state index is -2.69. The molecule has 0 saturated carbocycles. The van der Waals surface area contributed by atoms with Crippen molar-refractivity contribution in [1.82, 2.24) is 0 Å². The average molecular weight is 525 g/mol. The maximum Gasteiger partial charge on any atom is 0.350 e. The summed E-state index contributed by atoms with van der Waals surface area (Å²) >= 11 is 2.30. The molecule has 4 nitrogen and oxygen atoms in total. The minimum absolute atomic E-state index is 0.00672. The number of aldehydes is 1. The van der Waals surface area contributed by atoms with Crippen molar-refractivity contribution in [3.63, 3.8) is 0 Å². The lowest BCUT2D eigenvalue weighted by Gasteiger charge is -2.58. The molecular weight excluding hydrogens is 483 g/mol. The van der Waals surface area contributed by atoms with E-state index in [2.05, 4.69) is 89.0 Å². The van der Waals surface area contributed by atoms with E-state index in [9.17, 15) is 4.79 Å². The van der Waals surface area contributed by atoms with Crippen LogP contribution in [-0.2, 0) is 18.4 Å². The lowest BCUT2D eigenvalue weighted by Crippen LogP contribution is -2.67. The highest BCUT2D eigenvalue weighted by Crippen LogP contribution is 2.57. The molecule has 1 fully saturated rings. The summed E-state index contributed by atoms with van der Waals surface area (Å²) in [5, 5.41) is -0.210. The third-order valence-corrected chi connectivity index (χ3v) is 12.3. The fourth-order valence-corrected chi connectivity index (χ4v) is 10.6.